The molecule has 0 saturated carbocycles. The van der Waals surface area contributed by atoms with E-state index in [0.717, 1.165) is 0 Å². The van der Waals surface area contributed by atoms with E-state index in [0.29, 0.717) is 0 Å². The van der Waals surface area contributed by atoms with Crippen molar-refractivity contribution in [1.82, 2.24) is 0 Å². The van der Waals surface area contributed by atoms with Crippen molar-refractivity contribution in [2.24, 2.45) is 5.92 Å². The SMILES string of the molecule is CC(C)C(F)(COc1ccccc1)C(F)(F)F. The highest BCUT2D eigenvalue weighted by Gasteiger charge is 2.58. The Balaban J connectivity index is 2.76. The van der Waals surface area contributed by atoms with Crippen LogP contribution in [0.5, 0.6) is 5.75 Å². The Morgan fingerprint density at radius 3 is 2.00 bits per heavy atom. The lowest BCUT2D eigenvalue weighted by atomic mass is 9.92. The molecule has 0 aliphatic carbocycles. The zero-order valence-corrected chi connectivity index (χ0v) is 9.59. The fourth-order valence-electron chi connectivity index (χ4n) is 1.28. The maximum Gasteiger partial charge on any atom is 0.426 e. The van der Waals surface area contributed by atoms with Crippen LogP contribution in [0.25, 0.3) is 0 Å². The number of rotatable bonds is 4. The molecule has 0 spiro atoms. The van der Waals surface area contributed by atoms with E-state index in [1.807, 2.05) is 0 Å². The molecule has 1 rings (SSSR count). The van der Waals surface area contributed by atoms with Gasteiger partial charge in [0, 0.05) is 0 Å². The molecule has 0 bridgehead atoms. The van der Waals surface area contributed by atoms with Crippen LogP contribution >= 0.6 is 0 Å². The molecule has 0 radical (unpaired) electrons. The van der Waals surface area contributed by atoms with E-state index in [-0.39, 0.29) is 5.75 Å². The minimum atomic E-state index is -4.93. The second kappa shape index (κ2) is 4.94. The molecule has 17 heavy (non-hydrogen) atoms. The van der Waals surface area contributed by atoms with Gasteiger partial charge in [0.15, 0.2) is 0 Å². The largest absolute Gasteiger partial charge is 0.490 e. The van der Waals surface area contributed by atoms with Gasteiger partial charge in [-0.2, -0.15) is 13.2 Å². The summed E-state index contributed by atoms with van der Waals surface area (Å²) in [6.07, 6.45) is -4.93. The van der Waals surface area contributed by atoms with Gasteiger partial charge < -0.3 is 4.74 Å². The van der Waals surface area contributed by atoms with Crippen molar-refractivity contribution in [1.29, 1.82) is 0 Å². The summed E-state index contributed by atoms with van der Waals surface area (Å²) in [6, 6.07) is 7.88. The highest BCUT2D eigenvalue weighted by Crippen LogP contribution is 2.40. The van der Waals surface area contributed by atoms with Gasteiger partial charge in [-0.05, 0) is 18.1 Å². The molecule has 1 unspecified atom stereocenters. The van der Waals surface area contributed by atoms with Gasteiger partial charge in [0.2, 0.25) is 5.67 Å². The fraction of sp³-hybridized carbons (Fsp3) is 0.500. The van der Waals surface area contributed by atoms with Gasteiger partial charge in [-0.1, -0.05) is 32.0 Å². The predicted octanol–water partition coefficient (Wildman–Crippen LogP) is 3.99. The molecular formula is C12H14F4O. The average molecular weight is 250 g/mol. The maximum absolute atomic E-state index is 13.9. The van der Waals surface area contributed by atoms with E-state index in [9.17, 15) is 17.6 Å². The van der Waals surface area contributed by atoms with Crippen molar-refractivity contribution in [3.63, 3.8) is 0 Å². The summed E-state index contributed by atoms with van der Waals surface area (Å²) in [5.74, 6) is -0.981. The normalized spacial score (nSPS) is 15.7. The van der Waals surface area contributed by atoms with Crippen LogP contribution in [0.15, 0.2) is 30.3 Å². The van der Waals surface area contributed by atoms with Crippen molar-refractivity contribution in [3.8, 4) is 5.75 Å². The zero-order valence-electron chi connectivity index (χ0n) is 9.59. The summed E-state index contributed by atoms with van der Waals surface area (Å²) < 4.78 is 56.5. The third-order valence-corrected chi connectivity index (χ3v) is 2.58. The molecular weight excluding hydrogens is 236 g/mol. The smallest absolute Gasteiger partial charge is 0.426 e. The third kappa shape index (κ3) is 3.11. The molecule has 0 heterocycles. The van der Waals surface area contributed by atoms with Crippen LogP contribution in [0, 0.1) is 5.92 Å². The summed E-state index contributed by atoms with van der Waals surface area (Å²) in [5.41, 5.74) is -3.33. The van der Waals surface area contributed by atoms with Crippen molar-refractivity contribution >= 4 is 0 Å². The third-order valence-electron chi connectivity index (χ3n) is 2.58. The first kappa shape index (κ1) is 13.8. The lowest BCUT2D eigenvalue weighted by Gasteiger charge is -2.31. The monoisotopic (exact) mass is 250 g/mol. The number of halogens is 4. The van der Waals surface area contributed by atoms with Crippen LogP contribution in [0.1, 0.15) is 13.8 Å². The topological polar surface area (TPSA) is 9.23 Å². The van der Waals surface area contributed by atoms with Gasteiger partial charge in [0.1, 0.15) is 12.4 Å². The second-order valence-electron chi connectivity index (χ2n) is 4.12. The summed E-state index contributed by atoms with van der Waals surface area (Å²) >= 11 is 0. The van der Waals surface area contributed by atoms with Crippen molar-refractivity contribution < 1.29 is 22.3 Å². The lowest BCUT2D eigenvalue weighted by molar-refractivity contribution is -0.253. The standard InChI is InChI=1S/C12H14F4O/c1-9(2)11(13,12(14,15)16)8-17-10-6-4-3-5-7-10/h3-7,9H,8H2,1-2H3. The fourth-order valence-corrected chi connectivity index (χ4v) is 1.28. The summed E-state index contributed by atoms with van der Waals surface area (Å²) in [7, 11) is 0. The van der Waals surface area contributed by atoms with Crippen LogP contribution in [0.4, 0.5) is 17.6 Å². The molecule has 0 aromatic heterocycles. The molecule has 0 N–H and O–H groups in total. The summed E-state index contributed by atoms with van der Waals surface area (Å²) in [4.78, 5) is 0. The van der Waals surface area contributed by atoms with E-state index in [2.05, 4.69) is 0 Å². The van der Waals surface area contributed by atoms with Crippen LogP contribution in [-0.4, -0.2) is 18.5 Å². The predicted molar refractivity (Wildman–Crippen MR) is 56.7 cm³/mol. The molecule has 96 valence electrons. The Labute approximate surface area is 97.4 Å². The van der Waals surface area contributed by atoms with E-state index in [4.69, 9.17) is 4.74 Å². The maximum atomic E-state index is 13.9. The number of benzene rings is 1. The van der Waals surface area contributed by atoms with E-state index >= 15 is 0 Å². The Kier molecular flexibility index (Phi) is 4.01. The lowest BCUT2D eigenvalue weighted by Crippen LogP contribution is -2.50. The van der Waals surface area contributed by atoms with Crippen molar-refractivity contribution in [2.75, 3.05) is 6.61 Å². The van der Waals surface area contributed by atoms with E-state index in [1.54, 1.807) is 18.2 Å². The Bertz CT molecular complexity index is 347. The molecule has 1 aromatic rings. The van der Waals surface area contributed by atoms with Gasteiger partial charge in [-0.25, -0.2) is 4.39 Å². The molecule has 0 fully saturated rings. The van der Waals surface area contributed by atoms with E-state index < -0.39 is 24.4 Å². The van der Waals surface area contributed by atoms with Gasteiger partial charge in [-0.15, -0.1) is 0 Å². The Hall–Kier alpha value is -1.26. The highest BCUT2D eigenvalue weighted by atomic mass is 19.4. The summed E-state index contributed by atoms with van der Waals surface area (Å²) in [5, 5.41) is 0. The number of hydrogen-bond donors (Lipinski definition) is 0. The van der Waals surface area contributed by atoms with Crippen molar-refractivity contribution in [2.45, 2.75) is 25.7 Å². The first-order chi connectivity index (χ1) is 7.77. The van der Waals surface area contributed by atoms with E-state index in [1.165, 1.54) is 26.0 Å². The molecule has 0 amide bonds. The highest BCUT2D eigenvalue weighted by molar-refractivity contribution is 5.21. The number of ether oxygens (including phenoxy) is 1. The molecule has 1 atom stereocenters. The van der Waals surface area contributed by atoms with Gasteiger partial charge in [-0.3, -0.25) is 0 Å². The van der Waals surface area contributed by atoms with Gasteiger partial charge in [0.25, 0.3) is 0 Å². The first-order valence-corrected chi connectivity index (χ1v) is 5.21. The van der Waals surface area contributed by atoms with Crippen LogP contribution in [0.2, 0.25) is 0 Å². The number of alkyl halides is 4. The van der Waals surface area contributed by atoms with Crippen LogP contribution in [-0.2, 0) is 0 Å². The number of hydrogen-bond acceptors (Lipinski definition) is 1. The minimum absolute atomic E-state index is 0.222. The first-order valence-electron chi connectivity index (χ1n) is 5.21. The minimum Gasteiger partial charge on any atom is -0.490 e. The second-order valence-corrected chi connectivity index (χ2v) is 4.12. The van der Waals surface area contributed by atoms with Gasteiger partial charge in [0.05, 0.1) is 0 Å². The van der Waals surface area contributed by atoms with Crippen LogP contribution in [0.3, 0.4) is 0 Å². The molecule has 0 aliphatic rings. The Morgan fingerprint density at radius 1 is 1.06 bits per heavy atom. The molecule has 1 nitrogen and oxygen atoms in total. The molecule has 1 aromatic carbocycles. The zero-order chi connectivity index (χ0) is 13.1. The quantitative estimate of drug-likeness (QED) is 0.734. The van der Waals surface area contributed by atoms with Crippen molar-refractivity contribution in [3.05, 3.63) is 30.3 Å². The molecule has 5 heteroatoms. The molecule has 0 saturated heterocycles. The molecule has 0 aliphatic heterocycles. The average Bonchev–Trinajstić information content (AvgIpc) is 2.25. The summed E-state index contributed by atoms with van der Waals surface area (Å²) in [6.45, 7) is 1.34. The van der Waals surface area contributed by atoms with Crippen LogP contribution < -0.4 is 4.74 Å². The Morgan fingerprint density at radius 2 is 1.59 bits per heavy atom. The number of para-hydroxylation sites is 1. The van der Waals surface area contributed by atoms with Gasteiger partial charge >= 0.3 is 6.18 Å².